The number of carbonyl (C=O) groups excluding carboxylic acids is 1. The fraction of sp³-hybridized carbons (Fsp3) is 0.278. The zero-order valence-electron chi connectivity index (χ0n) is 14.5. The molecule has 0 bridgehead atoms. The number of hydrogen-bond donors (Lipinski definition) is 1. The summed E-state index contributed by atoms with van der Waals surface area (Å²) in [6.45, 7) is 2.39. The summed E-state index contributed by atoms with van der Waals surface area (Å²) in [4.78, 5) is 13.2. The number of nitrogens with one attached hydrogen (secondary N) is 1. The van der Waals surface area contributed by atoms with Gasteiger partial charge in [0.1, 0.15) is 5.75 Å². The van der Waals surface area contributed by atoms with Crippen molar-refractivity contribution in [2.75, 3.05) is 13.7 Å². The minimum Gasteiger partial charge on any atom is -0.497 e. The van der Waals surface area contributed by atoms with E-state index in [1.807, 2.05) is 48.7 Å². The molecule has 6 nitrogen and oxygen atoms in total. The summed E-state index contributed by atoms with van der Waals surface area (Å²) in [5, 5.41) is 13.0. The van der Waals surface area contributed by atoms with Gasteiger partial charge in [-0.1, -0.05) is 30.0 Å². The van der Waals surface area contributed by atoms with E-state index in [0.717, 1.165) is 22.6 Å². The summed E-state index contributed by atoms with van der Waals surface area (Å²) in [5.74, 6) is 1.25. The number of rotatable bonds is 8. The van der Waals surface area contributed by atoms with Gasteiger partial charge in [0.15, 0.2) is 0 Å². The van der Waals surface area contributed by atoms with Crippen molar-refractivity contribution in [1.82, 2.24) is 15.5 Å². The number of thioether (sulfide) groups is 1. The van der Waals surface area contributed by atoms with Gasteiger partial charge in [-0.05, 0) is 42.5 Å². The second-order valence-electron chi connectivity index (χ2n) is 5.50. The van der Waals surface area contributed by atoms with Crippen LogP contribution in [0.5, 0.6) is 5.75 Å². The molecule has 0 aliphatic heterocycles. The van der Waals surface area contributed by atoms with Crippen LogP contribution in [-0.2, 0) is 11.2 Å². The maximum atomic E-state index is 12.2. The molecule has 1 N–H and O–H groups in total. The van der Waals surface area contributed by atoms with Gasteiger partial charge in [-0.15, -0.1) is 21.5 Å². The summed E-state index contributed by atoms with van der Waals surface area (Å²) in [7, 11) is 1.64. The Morgan fingerprint density at radius 2 is 2.12 bits per heavy atom. The summed E-state index contributed by atoms with van der Waals surface area (Å²) in [6.07, 6.45) is 0.760. The van der Waals surface area contributed by atoms with Gasteiger partial charge in [0.05, 0.1) is 17.2 Å². The normalized spacial score (nSPS) is 11.9. The first-order chi connectivity index (χ1) is 12.7. The third-order valence-corrected chi connectivity index (χ3v) is 5.45. The molecule has 0 aliphatic carbocycles. The maximum absolute atomic E-state index is 12.2. The molecule has 0 unspecified atom stereocenters. The van der Waals surface area contributed by atoms with E-state index in [9.17, 15) is 4.79 Å². The van der Waals surface area contributed by atoms with Gasteiger partial charge in [-0.2, -0.15) is 0 Å². The van der Waals surface area contributed by atoms with Gasteiger partial charge in [-0.3, -0.25) is 4.79 Å². The lowest BCUT2D eigenvalue weighted by Crippen LogP contribution is -2.32. The Morgan fingerprint density at radius 1 is 1.31 bits per heavy atom. The predicted molar refractivity (Wildman–Crippen MR) is 103 cm³/mol. The number of aromatic nitrogens is 2. The SMILES string of the molecule is COc1ccc(CCNC(=O)[C@@H](C)Sc2nnc(-c3cccs3)o2)cc1. The first-order valence-corrected chi connectivity index (χ1v) is 9.86. The Kier molecular flexibility index (Phi) is 6.30. The van der Waals surface area contributed by atoms with Crippen molar-refractivity contribution in [2.45, 2.75) is 23.8 Å². The smallest absolute Gasteiger partial charge is 0.277 e. The number of hydrogen-bond acceptors (Lipinski definition) is 7. The van der Waals surface area contributed by atoms with Gasteiger partial charge in [0.2, 0.25) is 5.91 Å². The van der Waals surface area contributed by atoms with Crippen molar-refractivity contribution < 1.29 is 13.9 Å². The van der Waals surface area contributed by atoms with Gasteiger partial charge >= 0.3 is 0 Å². The molecule has 0 spiro atoms. The van der Waals surface area contributed by atoms with Crippen LogP contribution in [0.15, 0.2) is 51.4 Å². The Hall–Kier alpha value is -2.32. The molecular weight excluding hydrogens is 370 g/mol. The maximum Gasteiger partial charge on any atom is 0.277 e. The summed E-state index contributed by atoms with van der Waals surface area (Å²) in [6, 6.07) is 11.7. The Balaban J connectivity index is 1.45. The molecule has 3 rings (SSSR count). The molecule has 0 aliphatic rings. The quantitative estimate of drug-likeness (QED) is 0.593. The van der Waals surface area contributed by atoms with E-state index >= 15 is 0 Å². The molecule has 0 radical (unpaired) electrons. The minimum atomic E-state index is -0.317. The van der Waals surface area contributed by atoms with E-state index in [1.54, 1.807) is 7.11 Å². The molecule has 1 aromatic carbocycles. The monoisotopic (exact) mass is 389 g/mol. The van der Waals surface area contributed by atoms with E-state index in [4.69, 9.17) is 9.15 Å². The largest absolute Gasteiger partial charge is 0.497 e. The van der Waals surface area contributed by atoms with Crippen molar-refractivity contribution in [3.8, 4) is 16.5 Å². The fourth-order valence-corrected chi connectivity index (χ4v) is 3.58. The molecule has 136 valence electrons. The Bertz CT molecular complexity index is 832. The van der Waals surface area contributed by atoms with Crippen molar-refractivity contribution >= 4 is 29.0 Å². The zero-order chi connectivity index (χ0) is 18.4. The van der Waals surface area contributed by atoms with Crippen LogP contribution in [0.2, 0.25) is 0 Å². The first kappa shape index (κ1) is 18.5. The van der Waals surface area contributed by atoms with E-state index in [0.29, 0.717) is 17.7 Å². The lowest BCUT2D eigenvalue weighted by atomic mass is 10.1. The Labute approximate surface area is 160 Å². The number of methoxy groups -OCH3 is 1. The van der Waals surface area contributed by atoms with Crippen LogP contribution in [0.3, 0.4) is 0 Å². The van der Waals surface area contributed by atoms with Gasteiger partial charge in [0, 0.05) is 6.54 Å². The third-order valence-electron chi connectivity index (χ3n) is 3.66. The molecule has 0 fully saturated rings. The summed E-state index contributed by atoms with van der Waals surface area (Å²) in [5.41, 5.74) is 1.14. The minimum absolute atomic E-state index is 0.0561. The van der Waals surface area contributed by atoms with Gasteiger partial charge in [-0.25, -0.2) is 0 Å². The standard InChI is InChI=1S/C18H19N3O3S2/c1-12(26-18-21-20-17(24-18)15-4-3-11-25-15)16(22)19-10-9-13-5-7-14(23-2)8-6-13/h3-8,11-12H,9-10H2,1-2H3,(H,19,22)/t12-/m1/s1. The molecule has 2 aromatic heterocycles. The van der Waals surface area contributed by atoms with E-state index in [-0.39, 0.29) is 11.2 Å². The second kappa shape index (κ2) is 8.86. The van der Waals surface area contributed by atoms with Crippen LogP contribution in [0, 0.1) is 0 Å². The fourth-order valence-electron chi connectivity index (χ4n) is 2.23. The topological polar surface area (TPSA) is 77.2 Å². The molecule has 1 amide bonds. The van der Waals surface area contributed by atoms with E-state index in [1.165, 1.54) is 23.1 Å². The van der Waals surface area contributed by atoms with Crippen molar-refractivity contribution in [1.29, 1.82) is 0 Å². The Morgan fingerprint density at radius 3 is 2.81 bits per heavy atom. The second-order valence-corrected chi connectivity index (χ2v) is 7.74. The number of thiophene rings is 1. The summed E-state index contributed by atoms with van der Waals surface area (Å²) >= 11 is 2.79. The lowest BCUT2D eigenvalue weighted by Gasteiger charge is -2.10. The van der Waals surface area contributed by atoms with Gasteiger partial charge < -0.3 is 14.5 Å². The first-order valence-electron chi connectivity index (χ1n) is 8.10. The summed E-state index contributed by atoms with van der Waals surface area (Å²) < 4.78 is 10.7. The number of ether oxygens (including phenoxy) is 1. The van der Waals surface area contributed by atoms with Crippen LogP contribution >= 0.6 is 23.1 Å². The molecule has 26 heavy (non-hydrogen) atoms. The van der Waals surface area contributed by atoms with E-state index < -0.39 is 0 Å². The highest BCUT2D eigenvalue weighted by atomic mass is 32.2. The highest BCUT2D eigenvalue weighted by Crippen LogP contribution is 2.28. The molecule has 1 atom stereocenters. The average Bonchev–Trinajstić information content (AvgIpc) is 3.33. The van der Waals surface area contributed by atoms with Crippen LogP contribution in [0.4, 0.5) is 0 Å². The molecular formula is C18H19N3O3S2. The number of benzene rings is 1. The van der Waals surface area contributed by atoms with Crippen LogP contribution in [0.25, 0.3) is 10.8 Å². The number of amides is 1. The molecule has 8 heteroatoms. The zero-order valence-corrected chi connectivity index (χ0v) is 16.1. The van der Waals surface area contributed by atoms with Crippen molar-refractivity contribution in [3.05, 3.63) is 47.3 Å². The highest BCUT2D eigenvalue weighted by Gasteiger charge is 2.18. The molecule has 2 heterocycles. The molecule has 0 saturated carbocycles. The average molecular weight is 390 g/mol. The number of carbonyl (C=O) groups is 1. The van der Waals surface area contributed by atoms with Crippen molar-refractivity contribution in [3.63, 3.8) is 0 Å². The van der Waals surface area contributed by atoms with Crippen molar-refractivity contribution in [2.24, 2.45) is 0 Å². The highest BCUT2D eigenvalue weighted by molar-refractivity contribution is 8.00. The predicted octanol–water partition coefficient (Wildman–Crippen LogP) is 3.65. The van der Waals surface area contributed by atoms with Gasteiger partial charge in [0.25, 0.3) is 11.1 Å². The third kappa shape index (κ3) is 4.86. The lowest BCUT2D eigenvalue weighted by molar-refractivity contribution is -0.120. The number of nitrogens with zero attached hydrogens (tertiary/aromatic N) is 2. The van der Waals surface area contributed by atoms with E-state index in [2.05, 4.69) is 15.5 Å². The molecule has 3 aromatic rings. The van der Waals surface area contributed by atoms with Crippen LogP contribution < -0.4 is 10.1 Å². The molecule has 0 saturated heterocycles. The van der Waals surface area contributed by atoms with Crippen LogP contribution in [0.1, 0.15) is 12.5 Å². The van der Waals surface area contributed by atoms with Crippen LogP contribution in [-0.4, -0.2) is 35.0 Å².